The van der Waals surface area contributed by atoms with E-state index in [9.17, 15) is 18.0 Å². The van der Waals surface area contributed by atoms with Crippen LogP contribution in [-0.2, 0) is 9.53 Å². The summed E-state index contributed by atoms with van der Waals surface area (Å²) in [6.07, 6.45) is -4.47. The summed E-state index contributed by atoms with van der Waals surface area (Å²) >= 11 is 5.94. The van der Waals surface area contributed by atoms with Crippen LogP contribution in [0.4, 0.5) is 13.2 Å². The molecule has 1 rings (SSSR count). The van der Waals surface area contributed by atoms with Crippen LogP contribution in [0.1, 0.15) is 11.6 Å². The minimum absolute atomic E-state index is 0.104. The number of alkyl halides is 3. The fourth-order valence-electron chi connectivity index (χ4n) is 1.61. The Bertz CT molecular complexity index is 480. The zero-order valence-corrected chi connectivity index (χ0v) is 11.5. The molecule has 0 aliphatic carbocycles. The van der Waals surface area contributed by atoms with E-state index in [1.807, 2.05) is 0 Å². The number of halogens is 4. The number of hydrogen-bond donors (Lipinski definition) is 1. The zero-order chi connectivity index (χ0) is 15.3. The van der Waals surface area contributed by atoms with E-state index in [4.69, 9.17) is 16.3 Å². The monoisotopic (exact) mass is 311 g/mol. The molecule has 1 N–H and O–H groups in total. The SMILES string of the molecule is COC(=O)C(NCC(F)(F)F)c1c(Cl)cccc1OC. The van der Waals surface area contributed by atoms with Crippen LogP contribution in [0.3, 0.4) is 0 Å². The molecule has 0 amide bonds. The van der Waals surface area contributed by atoms with Crippen molar-refractivity contribution in [2.45, 2.75) is 12.2 Å². The van der Waals surface area contributed by atoms with E-state index in [1.54, 1.807) is 6.07 Å². The molecule has 0 heterocycles. The maximum absolute atomic E-state index is 12.3. The smallest absolute Gasteiger partial charge is 0.401 e. The van der Waals surface area contributed by atoms with Crippen molar-refractivity contribution in [2.24, 2.45) is 0 Å². The Labute approximate surface area is 118 Å². The molecule has 112 valence electrons. The molecule has 0 saturated heterocycles. The molecular formula is C12H13ClF3NO3. The highest BCUT2D eigenvalue weighted by Gasteiger charge is 2.33. The van der Waals surface area contributed by atoms with Crippen molar-refractivity contribution in [1.29, 1.82) is 0 Å². The van der Waals surface area contributed by atoms with Gasteiger partial charge in [-0.1, -0.05) is 17.7 Å². The average Bonchev–Trinajstić information content (AvgIpc) is 2.38. The van der Waals surface area contributed by atoms with Crippen LogP contribution in [0.25, 0.3) is 0 Å². The maximum atomic E-state index is 12.3. The molecule has 4 nitrogen and oxygen atoms in total. The Morgan fingerprint density at radius 3 is 2.55 bits per heavy atom. The van der Waals surface area contributed by atoms with Gasteiger partial charge in [-0.2, -0.15) is 13.2 Å². The summed E-state index contributed by atoms with van der Waals surface area (Å²) in [7, 11) is 2.40. The first kappa shape index (κ1) is 16.6. The second-order valence-corrected chi connectivity index (χ2v) is 4.22. The number of carbonyl (C=O) groups excluding carboxylic acids is 1. The van der Waals surface area contributed by atoms with Crippen LogP contribution in [-0.4, -0.2) is 32.9 Å². The zero-order valence-electron chi connectivity index (χ0n) is 10.8. The summed E-state index contributed by atoms with van der Waals surface area (Å²) in [5.74, 6) is -0.691. The van der Waals surface area contributed by atoms with Crippen molar-refractivity contribution in [1.82, 2.24) is 5.32 Å². The Kier molecular flexibility index (Phi) is 5.64. The first-order valence-corrected chi connectivity index (χ1v) is 5.88. The summed E-state index contributed by atoms with van der Waals surface area (Å²) in [4.78, 5) is 11.7. The third-order valence-corrected chi connectivity index (χ3v) is 2.79. The lowest BCUT2D eigenvalue weighted by Crippen LogP contribution is -2.37. The van der Waals surface area contributed by atoms with E-state index in [0.717, 1.165) is 7.11 Å². The van der Waals surface area contributed by atoms with Gasteiger partial charge in [-0.25, -0.2) is 4.79 Å². The van der Waals surface area contributed by atoms with Gasteiger partial charge in [0.2, 0.25) is 0 Å². The van der Waals surface area contributed by atoms with Crippen molar-refractivity contribution in [3.63, 3.8) is 0 Å². The number of carbonyl (C=O) groups is 1. The highest BCUT2D eigenvalue weighted by Crippen LogP contribution is 2.33. The number of esters is 1. The lowest BCUT2D eigenvalue weighted by atomic mass is 10.1. The van der Waals surface area contributed by atoms with Gasteiger partial charge in [0.15, 0.2) is 0 Å². The Hall–Kier alpha value is -1.47. The molecule has 0 spiro atoms. The molecule has 0 aromatic heterocycles. The van der Waals surface area contributed by atoms with Crippen LogP contribution < -0.4 is 10.1 Å². The third kappa shape index (κ3) is 4.28. The molecular weight excluding hydrogens is 299 g/mol. The van der Waals surface area contributed by atoms with Crippen molar-refractivity contribution < 1.29 is 27.4 Å². The molecule has 0 bridgehead atoms. The van der Waals surface area contributed by atoms with Gasteiger partial charge in [0.25, 0.3) is 0 Å². The lowest BCUT2D eigenvalue weighted by molar-refractivity contribution is -0.146. The first-order chi connectivity index (χ1) is 9.30. The predicted molar refractivity (Wildman–Crippen MR) is 66.8 cm³/mol. The molecule has 0 aliphatic heterocycles. The molecule has 1 aromatic rings. The first-order valence-electron chi connectivity index (χ1n) is 5.50. The minimum Gasteiger partial charge on any atom is -0.496 e. The van der Waals surface area contributed by atoms with E-state index in [2.05, 4.69) is 10.1 Å². The van der Waals surface area contributed by atoms with Crippen molar-refractivity contribution in [3.05, 3.63) is 28.8 Å². The summed E-state index contributed by atoms with van der Waals surface area (Å²) in [5, 5.41) is 2.18. The molecule has 1 aromatic carbocycles. The molecule has 0 radical (unpaired) electrons. The molecule has 8 heteroatoms. The summed E-state index contributed by atoms with van der Waals surface area (Å²) in [5.41, 5.74) is 0.104. The molecule has 0 aliphatic rings. The number of ether oxygens (including phenoxy) is 2. The van der Waals surface area contributed by atoms with E-state index in [-0.39, 0.29) is 16.3 Å². The summed E-state index contributed by atoms with van der Waals surface area (Å²) in [6, 6.07) is 3.13. The van der Waals surface area contributed by atoms with Crippen LogP contribution in [0.15, 0.2) is 18.2 Å². The number of rotatable bonds is 5. The van der Waals surface area contributed by atoms with Gasteiger partial charge in [-0.15, -0.1) is 0 Å². The van der Waals surface area contributed by atoms with E-state index in [1.165, 1.54) is 19.2 Å². The van der Waals surface area contributed by atoms with E-state index >= 15 is 0 Å². The molecule has 0 saturated carbocycles. The average molecular weight is 312 g/mol. The quantitative estimate of drug-likeness (QED) is 0.849. The van der Waals surface area contributed by atoms with Crippen molar-refractivity contribution in [2.75, 3.05) is 20.8 Å². The molecule has 0 fully saturated rings. The minimum atomic E-state index is -4.47. The van der Waals surface area contributed by atoms with Crippen LogP contribution >= 0.6 is 11.6 Å². The Morgan fingerprint density at radius 2 is 2.05 bits per heavy atom. The summed E-state index contributed by atoms with van der Waals surface area (Å²) in [6.45, 7) is -1.36. The van der Waals surface area contributed by atoms with Crippen LogP contribution in [0.5, 0.6) is 5.75 Å². The van der Waals surface area contributed by atoms with Crippen molar-refractivity contribution >= 4 is 17.6 Å². The summed E-state index contributed by atoms with van der Waals surface area (Å²) < 4.78 is 46.4. The second kappa shape index (κ2) is 6.81. The predicted octanol–water partition coefficient (Wildman–Crippen LogP) is 2.71. The number of nitrogens with one attached hydrogen (secondary N) is 1. The molecule has 1 atom stereocenters. The highest BCUT2D eigenvalue weighted by atomic mass is 35.5. The van der Waals surface area contributed by atoms with Gasteiger partial charge in [0, 0.05) is 10.6 Å². The largest absolute Gasteiger partial charge is 0.496 e. The molecule has 1 unspecified atom stereocenters. The third-order valence-electron chi connectivity index (χ3n) is 2.47. The van der Waals surface area contributed by atoms with Gasteiger partial charge < -0.3 is 9.47 Å². The van der Waals surface area contributed by atoms with E-state index in [0.29, 0.717) is 0 Å². The molecule has 20 heavy (non-hydrogen) atoms. The lowest BCUT2D eigenvalue weighted by Gasteiger charge is -2.21. The van der Waals surface area contributed by atoms with Gasteiger partial charge in [-0.05, 0) is 12.1 Å². The number of hydrogen-bond acceptors (Lipinski definition) is 4. The highest BCUT2D eigenvalue weighted by molar-refractivity contribution is 6.31. The van der Waals surface area contributed by atoms with Gasteiger partial charge in [-0.3, -0.25) is 5.32 Å². The van der Waals surface area contributed by atoms with Gasteiger partial charge in [0.1, 0.15) is 11.8 Å². The van der Waals surface area contributed by atoms with Gasteiger partial charge >= 0.3 is 12.1 Å². The fraction of sp³-hybridized carbons (Fsp3) is 0.417. The van der Waals surface area contributed by atoms with Crippen LogP contribution in [0, 0.1) is 0 Å². The fourth-order valence-corrected chi connectivity index (χ4v) is 1.89. The Balaban J connectivity index is 3.14. The Morgan fingerprint density at radius 1 is 1.40 bits per heavy atom. The second-order valence-electron chi connectivity index (χ2n) is 3.81. The van der Waals surface area contributed by atoms with Crippen molar-refractivity contribution in [3.8, 4) is 5.75 Å². The number of benzene rings is 1. The topological polar surface area (TPSA) is 47.6 Å². The van der Waals surface area contributed by atoms with Crippen LogP contribution in [0.2, 0.25) is 5.02 Å². The standard InChI is InChI=1S/C12H13ClF3NO3/c1-19-8-5-3-4-7(13)9(8)10(11(18)20-2)17-6-12(14,15)16/h3-5,10,17H,6H2,1-2H3. The normalized spacial score (nSPS) is 12.9. The number of methoxy groups -OCH3 is 2. The maximum Gasteiger partial charge on any atom is 0.401 e. The van der Waals surface area contributed by atoms with E-state index < -0.39 is 24.7 Å². The van der Waals surface area contributed by atoms with Gasteiger partial charge in [0.05, 0.1) is 20.8 Å².